The van der Waals surface area contributed by atoms with E-state index in [1.165, 1.54) is 7.05 Å². The standard InChI is InChI=1S/C13H17F2NO2/c1-9-6-10(2)8-11(7-9)18-5-4-16(3)13(17)12(14)15/h6-8,12H,4-5H2,1-3H3. The summed E-state index contributed by atoms with van der Waals surface area (Å²) < 4.78 is 29.6. The molecule has 0 bridgehead atoms. The summed E-state index contributed by atoms with van der Waals surface area (Å²) in [5.41, 5.74) is 2.14. The number of carbonyl (C=O) groups is 1. The fraction of sp³-hybridized carbons (Fsp3) is 0.462. The Balaban J connectivity index is 2.44. The molecule has 3 nitrogen and oxygen atoms in total. The van der Waals surface area contributed by atoms with Crippen LogP contribution in [0.25, 0.3) is 0 Å². The van der Waals surface area contributed by atoms with Crippen LogP contribution in [0.5, 0.6) is 5.75 Å². The van der Waals surface area contributed by atoms with Gasteiger partial charge in [0.2, 0.25) is 0 Å². The summed E-state index contributed by atoms with van der Waals surface area (Å²) >= 11 is 0. The Hall–Kier alpha value is -1.65. The van der Waals surface area contributed by atoms with Crippen molar-refractivity contribution in [3.8, 4) is 5.75 Å². The maximum Gasteiger partial charge on any atom is 0.315 e. The third kappa shape index (κ3) is 4.31. The van der Waals surface area contributed by atoms with E-state index in [0.717, 1.165) is 16.0 Å². The van der Waals surface area contributed by atoms with Crippen molar-refractivity contribution in [2.75, 3.05) is 20.2 Å². The zero-order chi connectivity index (χ0) is 13.7. The normalized spacial score (nSPS) is 10.6. The Bertz CT molecular complexity index is 401. The molecule has 0 aromatic heterocycles. The molecule has 0 fully saturated rings. The van der Waals surface area contributed by atoms with Crippen molar-refractivity contribution in [3.05, 3.63) is 29.3 Å². The summed E-state index contributed by atoms with van der Waals surface area (Å²) in [4.78, 5) is 11.9. The molecule has 0 aliphatic rings. The molecule has 1 rings (SSSR count). The first kappa shape index (κ1) is 14.4. The lowest BCUT2D eigenvalue weighted by Gasteiger charge is -2.17. The average molecular weight is 257 g/mol. The van der Waals surface area contributed by atoms with Gasteiger partial charge in [0.1, 0.15) is 12.4 Å². The molecule has 0 saturated carbocycles. The first-order valence-corrected chi connectivity index (χ1v) is 5.64. The van der Waals surface area contributed by atoms with Gasteiger partial charge in [-0.05, 0) is 37.1 Å². The summed E-state index contributed by atoms with van der Waals surface area (Å²) in [7, 11) is 1.33. The lowest BCUT2D eigenvalue weighted by molar-refractivity contribution is -0.141. The second kappa shape index (κ2) is 6.33. The predicted molar refractivity (Wildman–Crippen MR) is 65.1 cm³/mol. The van der Waals surface area contributed by atoms with Crippen LogP contribution in [0.1, 0.15) is 11.1 Å². The molecule has 100 valence electrons. The number of likely N-dealkylation sites (N-methyl/N-ethyl adjacent to an activating group) is 1. The Morgan fingerprint density at radius 3 is 2.33 bits per heavy atom. The van der Waals surface area contributed by atoms with E-state index in [0.29, 0.717) is 5.75 Å². The summed E-state index contributed by atoms with van der Waals surface area (Å²) in [6.45, 7) is 4.23. The minimum atomic E-state index is -2.96. The SMILES string of the molecule is Cc1cc(C)cc(OCCN(C)C(=O)C(F)F)c1. The van der Waals surface area contributed by atoms with Gasteiger partial charge in [0.05, 0.1) is 6.54 Å². The molecule has 0 N–H and O–H groups in total. The zero-order valence-corrected chi connectivity index (χ0v) is 10.7. The number of hydrogen-bond acceptors (Lipinski definition) is 2. The molecule has 0 atom stereocenters. The Labute approximate surface area is 105 Å². The van der Waals surface area contributed by atoms with Gasteiger partial charge in [-0.1, -0.05) is 6.07 Å². The number of alkyl halides is 2. The summed E-state index contributed by atoms with van der Waals surface area (Å²) in [6.07, 6.45) is -2.96. The molecular weight excluding hydrogens is 240 g/mol. The van der Waals surface area contributed by atoms with Crippen molar-refractivity contribution >= 4 is 5.91 Å². The van der Waals surface area contributed by atoms with Crippen molar-refractivity contribution < 1.29 is 18.3 Å². The van der Waals surface area contributed by atoms with E-state index in [2.05, 4.69) is 0 Å². The number of carbonyl (C=O) groups excluding carboxylic acids is 1. The number of nitrogens with zero attached hydrogens (tertiary/aromatic N) is 1. The smallest absolute Gasteiger partial charge is 0.315 e. The van der Waals surface area contributed by atoms with Gasteiger partial charge in [-0.25, -0.2) is 0 Å². The first-order chi connectivity index (χ1) is 8.40. The number of amides is 1. The number of benzene rings is 1. The topological polar surface area (TPSA) is 29.5 Å². The van der Waals surface area contributed by atoms with Crippen molar-refractivity contribution in [2.45, 2.75) is 20.3 Å². The van der Waals surface area contributed by atoms with E-state index in [-0.39, 0.29) is 13.2 Å². The van der Waals surface area contributed by atoms with Gasteiger partial charge < -0.3 is 9.64 Å². The largest absolute Gasteiger partial charge is 0.492 e. The first-order valence-electron chi connectivity index (χ1n) is 5.64. The average Bonchev–Trinajstić information content (AvgIpc) is 2.26. The lowest BCUT2D eigenvalue weighted by Crippen LogP contribution is -2.35. The number of halogens is 2. The molecule has 0 aliphatic heterocycles. The van der Waals surface area contributed by atoms with Crippen LogP contribution >= 0.6 is 0 Å². The summed E-state index contributed by atoms with van der Waals surface area (Å²) in [5.74, 6) is -0.496. The van der Waals surface area contributed by atoms with Crippen LogP contribution in [0.3, 0.4) is 0 Å². The van der Waals surface area contributed by atoms with Crippen LogP contribution in [0, 0.1) is 13.8 Å². The van der Waals surface area contributed by atoms with Crippen LogP contribution in [0.4, 0.5) is 8.78 Å². The van der Waals surface area contributed by atoms with Crippen molar-refractivity contribution in [2.24, 2.45) is 0 Å². The maximum absolute atomic E-state index is 12.1. The number of rotatable bonds is 5. The molecule has 0 aliphatic carbocycles. The highest BCUT2D eigenvalue weighted by molar-refractivity contribution is 5.78. The molecule has 0 heterocycles. The number of ether oxygens (including phenoxy) is 1. The van der Waals surface area contributed by atoms with Gasteiger partial charge in [-0.15, -0.1) is 0 Å². The quantitative estimate of drug-likeness (QED) is 0.810. The molecule has 0 radical (unpaired) electrons. The van der Waals surface area contributed by atoms with E-state index in [9.17, 15) is 13.6 Å². The number of hydrogen-bond donors (Lipinski definition) is 0. The highest BCUT2D eigenvalue weighted by Gasteiger charge is 2.19. The minimum Gasteiger partial charge on any atom is -0.492 e. The lowest BCUT2D eigenvalue weighted by atomic mass is 10.1. The van der Waals surface area contributed by atoms with Crippen molar-refractivity contribution in [3.63, 3.8) is 0 Å². The fourth-order valence-corrected chi connectivity index (χ4v) is 1.59. The van der Waals surface area contributed by atoms with E-state index >= 15 is 0 Å². The molecule has 0 saturated heterocycles. The van der Waals surface area contributed by atoms with Crippen molar-refractivity contribution in [1.82, 2.24) is 4.90 Å². The Kier molecular flexibility index (Phi) is 5.07. The third-order valence-electron chi connectivity index (χ3n) is 2.45. The molecule has 0 spiro atoms. The highest BCUT2D eigenvalue weighted by Crippen LogP contribution is 2.16. The zero-order valence-electron chi connectivity index (χ0n) is 10.7. The van der Waals surface area contributed by atoms with Crippen LogP contribution in [0.2, 0.25) is 0 Å². The molecule has 18 heavy (non-hydrogen) atoms. The second-order valence-electron chi connectivity index (χ2n) is 4.23. The molecular formula is C13H17F2NO2. The molecule has 0 unspecified atom stereocenters. The minimum absolute atomic E-state index is 0.135. The number of aryl methyl sites for hydroxylation is 2. The Morgan fingerprint density at radius 1 is 1.28 bits per heavy atom. The maximum atomic E-state index is 12.1. The van der Waals surface area contributed by atoms with Gasteiger partial charge in [-0.2, -0.15) is 8.78 Å². The van der Waals surface area contributed by atoms with Gasteiger partial charge >= 0.3 is 6.43 Å². The van der Waals surface area contributed by atoms with E-state index in [1.807, 2.05) is 32.0 Å². The summed E-state index contributed by atoms with van der Waals surface area (Å²) in [6, 6.07) is 5.74. The Morgan fingerprint density at radius 2 is 1.83 bits per heavy atom. The van der Waals surface area contributed by atoms with Gasteiger partial charge in [0, 0.05) is 7.05 Å². The van der Waals surface area contributed by atoms with Crippen LogP contribution < -0.4 is 4.74 Å². The second-order valence-corrected chi connectivity index (χ2v) is 4.23. The highest BCUT2D eigenvalue weighted by atomic mass is 19.3. The third-order valence-corrected chi connectivity index (χ3v) is 2.45. The molecule has 1 amide bonds. The molecule has 1 aromatic rings. The molecule has 1 aromatic carbocycles. The monoisotopic (exact) mass is 257 g/mol. The summed E-state index contributed by atoms with van der Waals surface area (Å²) in [5, 5.41) is 0. The van der Waals surface area contributed by atoms with Gasteiger partial charge in [-0.3, -0.25) is 4.79 Å². The van der Waals surface area contributed by atoms with Crippen LogP contribution in [-0.2, 0) is 4.79 Å². The predicted octanol–water partition coefficient (Wildman–Crippen LogP) is 2.41. The van der Waals surface area contributed by atoms with E-state index in [1.54, 1.807) is 0 Å². The van der Waals surface area contributed by atoms with E-state index in [4.69, 9.17) is 4.74 Å². The van der Waals surface area contributed by atoms with Crippen LogP contribution in [-0.4, -0.2) is 37.4 Å². The van der Waals surface area contributed by atoms with Crippen molar-refractivity contribution in [1.29, 1.82) is 0 Å². The fourth-order valence-electron chi connectivity index (χ4n) is 1.59. The van der Waals surface area contributed by atoms with Crippen LogP contribution in [0.15, 0.2) is 18.2 Å². The molecule has 5 heteroatoms. The van der Waals surface area contributed by atoms with E-state index < -0.39 is 12.3 Å². The van der Waals surface area contributed by atoms with Gasteiger partial charge in [0.15, 0.2) is 0 Å². The van der Waals surface area contributed by atoms with Gasteiger partial charge in [0.25, 0.3) is 5.91 Å².